The van der Waals surface area contributed by atoms with Crippen LogP contribution >= 0.6 is 15.9 Å². The van der Waals surface area contributed by atoms with Crippen LogP contribution in [0.4, 0.5) is 10.5 Å². The lowest BCUT2D eigenvalue weighted by atomic mass is 10.2. The van der Waals surface area contributed by atoms with Crippen molar-refractivity contribution < 1.29 is 14.7 Å². The highest BCUT2D eigenvalue weighted by molar-refractivity contribution is 9.10. The van der Waals surface area contributed by atoms with Crippen molar-refractivity contribution in [3.8, 4) is 0 Å². The first-order valence-corrected chi connectivity index (χ1v) is 6.44. The Morgan fingerprint density at radius 2 is 2.21 bits per heavy atom. The Kier molecular flexibility index (Phi) is 5.57. The molecule has 102 valence electrons. The smallest absolute Gasteiger partial charge is 0.337 e. The van der Waals surface area contributed by atoms with Gasteiger partial charge in [0.15, 0.2) is 0 Å². The fraction of sp³-hybridized carbons (Fsp3) is 0.231. The molecule has 0 bridgehead atoms. The Hall–Kier alpha value is -1.82. The second-order valence-corrected chi connectivity index (χ2v) is 4.93. The summed E-state index contributed by atoms with van der Waals surface area (Å²) >= 11 is 3.19. The average Bonchev–Trinajstić information content (AvgIpc) is 2.31. The molecule has 2 amide bonds. The van der Waals surface area contributed by atoms with Gasteiger partial charge >= 0.3 is 12.0 Å². The normalized spacial score (nSPS) is 11.5. The van der Waals surface area contributed by atoms with Crippen molar-refractivity contribution in [3.63, 3.8) is 0 Å². The molecule has 1 aromatic rings. The van der Waals surface area contributed by atoms with E-state index in [2.05, 4.69) is 33.1 Å². The number of aromatic carboxylic acids is 1. The lowest BCUT2D eigenvalue weighted by molar-refractivity contribution is 0.0698. The third-order valence-electron chi connectivity index (χ3n) is 2.36. The van der Waals surface area contributed by atoms with E-state index >= 15 is 0 Å². The van der Waals surface area contributed by atoms with E-state index in [1.165, 1.54) is 12.1 Å². The van der Waals surface area contributed by atoms with Gasteiger partial charge in [-0.05, 0) is 31.5 Å². The average molecular weight is 327 g/mol. The van der Waals surface area contributed by atoms with E-state index in [1.54, 1.807) is 12.1 Å². The van der Waals surface area contributed by atoms with Crippen molar-refractivity contribution in [2.24, 2.45) is 0 Å². The number of urea groups is 1. The third kappa shape index (κ3) is 4.75. The van der Waals surface area contributed by atoms with Crippen molar-refractivity contribution in [2.75, 3.05) is 5.32 Å². The van der Waals surface area contributed by atoms with Crippen molar-refractivity contribution >= 4 is 33.6 Å². The zero-order chi connectivity index (χ0) is 14.4. The molecule has 3 N–H and O–H groups in total. The number of amides is 2. The van der Waals surface area contributed by atoms with Gasteiger partial charge < -0.3 is 15.7 Å². The second kappa shape index (κ2) is 6.94. The number of halogens is 1. The molecule has 1 unspecified atom stereocenters. The predicted octanol–water partition coefficient (Wildman–Crippen LogP) is 3.23. The summed E-state index contributed by atoms with van der Waals surface area (Å²) in [6.07, 6.45) is 2.34. The van der Waals surface area contributed by atoms with Crippen LogP contribution in [-0.4, -0.2) is 23.1 Å². The summed E-state index contributed by atoms with van der Waals surface area (Å²) in [4.78, 5) is 22.8. The van der Waals surface area contributed by atoms with Crippen molar-refractivity contribution in [2.45, 2.75) is 19.4 Å². The second-order valence-electron chi connectivity index (χ2n) is 4.02. The molecule has 0 heterocycles. The van der Waals surface area contributed by atoms with Crippen LogP contribution in [0.2, 0.25) is 0 Å². The highest BCUT2D eigenvalue weighted by atomic mass is 79.9. The van der Waals surface area contributed by atoms with E-state index in [1.807, 2.05) is 6.92 Å². The number of carboxylic acids is 1. The maximum Gasteiger partial charge on any atom is 0.337 e. The summed E-state index contributed by atoms with van der Waals surface area (Å²) in [7, 11) is 0. The van der Waals surface area contributed by atoms with Gasteiger partial charge in [0.1, 0.15) is 0 Å². The van der Waals surface area contributed by atoms with E-state index in [-0.39, 0.29) is 17.3 Å². The van der Waals surface area contributed by atoms with Crippen LogP contribution < -0.4 is 10.6 Å². The van der Waals surface area contributed by atoms with Crippen LogP contribution in [0.25, 0.3) is 0 Å². The molecular weight excluding hydrogens is 312 g/mol. The largest absolute Gasteiger partial charge is 0.478 e. The molecule has 5 nitrogen and oxygen atoms in total. The van der Waals surface area contributed by atoms with E-state index in [4.69, 9.17) is 5.11 Å². The molecule has 0 aliphatic heterocycles. The van der Waals surface area contributed by atoms with E-state index in [9.17, 15) is 9.59 Å². The zero-order valence-corrected chi connectivity index (χ0v) is 12.0. The number of carbonyl (C=O) groups excluding carboxylic acids is 1. The van der Waals surface area contributed by atoms with Gasteiger partial charge in [0.2, 0.25) is 0 Å². The van der Waals surface area contributed by atoms with E-state index < -0.39 is 12.0 Å². The first-order chi connectivity index (χ1) is 8.93. The summed E-state index contributed by atoms with van der Waals surface area (Å²) in [5.41, 5.74) is 0.278. The molecule has 0 spiro atoms. The van der Waals surface area contributed by atoms with Crippen LogP contribution in [0.15, 0.2) is 35.3 Å². The minimum absolute atomic E-state index is 0.0286. The van der Waals surface area contributed by atoms with Gasteiger partial charge in [-0.15, -0.1) is 6.58 Å². The van der Waals surface area contributed by atoms with Gasteiger partial charge in [-0.2, -0.15) is 0 Å². The van der Waals surface area contributed by atoms with Gasteiger partial charge in [-0.3, -0.25) is 0 Å². The molecule has 0 aliphatic carbocycles. The lowest BCUT2D eigenvalue weighted by Crippen LogP contribution is -2.36. The highest BCUT2D eigenvalue weighted by Crippen LogP contribution is 2.21. The first kappa shape index (κ1) is 15.2. The van der Waals surface area contributed by atoms with Gasteiger partial charge in [0.05, 0.1) is 11.3 Å². The Morgan fingerprint density at radius 3 is 2.79 bits per heavy atom. The van der Waals surface area contributed by atoms with Crippen LogP contribution in [0.5, 0.6) is 0 Å². The number of carboxylic acid groups (broad SMARTS) is 1. The Labute approximate surface area is 119 Å². The maximum atomic E-state index is 11.7. The first-order valence-electron chi connectivity index (χ1n) is 5.65. The number of hydrogen-bond acceptors (Lipinski definition) is 2. The number of carbonyl (C=O) groups is 2. The molecule has 0 radical (unpaired) electrons. The molecule has 0 saturated carbocycles. The van der Waals surface area contributed by atoms with Crippen molar-refractivity contribution in [1.82, 2.24) is 5.32 Å². The maximum absolute atomic E-state index is 11.7. The van der Waals surface area contributed by atoms with Crippen LogP contribution in [0.1, 0.15) is 23.7 Å². The van der Waals surface area contributed by atoms with Crippen LogP contribution in [-0.2, 0) is 0 Å². The molecule has 0 saturated heterocycles. The lowest BCUT2D eigenvalue weighted by Gasteiger charge is -2.14. The number of nitrogens with one attached hydrogen (secondary N) is 2. The quantitative estimate of drug-likeness (QED) is 0.727. The third-order valence-corrected chi connectivity index (χ3v) is 2.85. The summed E-state index contributed by atoms with van der Waals surface area (Å²) < 4.78 is 0.635. The number of hydrogen-bond donors (Lipinski definition) is 3. The van der Waals surface area contributed by atoms with Gasteiger partial charge in [-0.25, -0.2) is 9.59 Å². The molecule has 1 atom stereocenters. The fourth-order valence-electron chi connectivity index (χ4n) is 1.49. The summed E-state index contributed by atoms with van der Waals surface area (Å²) in [5, 5.41) is 14.3. The minimum Gasteiger partial charge on any atom is -0.478 e. The van der Waals surface area contributed by atoms with Gasteiger partial charge in [0.25, 0.3) is 0 Å². The van der Waals surface area contributed by atoms with Crippen LogP contribution in [0, 0.1) is 0 Å². The Bertz CT molecular complexity index is 503. The van der Waals surface area contributed by atoms with Crippen molar-refractivity contribution in [1.29, 1.82) is 0 Å². The topological polar surface area (TPSA) is 78.4 Å². The molecule has 6 heteroatoms. The molecular formula is C13H15BrN2O3. The fourth-order valence-corrected chi connectivity index (χ4v) is 1.85. The molecule has 1 aromatic carbocycles. The molecule has 0 aromatic heterocycles. The molecule has 19 heavy (non-hydrogen) atoms. The molecule has 0 aliphatic rings. The van der Waals surface area contributed by atoms with Crippen molar-refractivity contribution in [3.05, 3.63) is 40.9 Å². The van der Waals surface area contributed by atoms with E-state index in [0.29, 0.717) is 10.9 Å². The number of benzene rings is 1. The molecule has 1 rings (SSSR count). The zero-order valence-electron chi connectivity index (χ0n) is 10.4. The number of rotatable bonds is 5. The van der Waals surface area contributed by atoms with Gasteiger partial charge in [-0.1, -0.05) is 22.0 Å². The SMILES string of the molecule is C=CCC(C)NC(=O)Nc1ccc(Br)cc1C(=O)O. The minimum atomic E-state index is -1.10. The van der Waals surface area contributed by atoms with E-state index in [0.717, 1.165) is 0 Å². The van der Waals surface area contributed by atoms with Gasteiger partial charge in [0, 0.05) is 10.5 Å². The summed E-state index contributed by atoms with van der Waals surface area (Å²) in [5.74, 6) is -1.10. The van der Waals surface area contributed by atoms with Crippen LogP contribution in [0.3, 0.4) is 0 Å². The monoisotopic (exact) mass is 326 g/mol. The summed E-state index contributed by atoms with van der Waals surface area (Å²) in [6.45, 7) is 5.42. The Morgan fingerprint density at radius 1 is 1.53 bits per heavy atom. The predicted molar refractivity (Wildman–Crippen MR) is 77.5 cm³/mol. The molecule has 0 fully saturated rings. The number of anilines is 1. The summed E-state index contributed by atoms with van der Waals surface area (Å²) in [6, 6.07) is 4.12. The standard InChI is InChI=1S/C13H15BrN2O3/c1-3-4-8(2)15-13(19)16-11-6-5-9(14)7-10(11)12(17)18/h3,5-8H,1,4H2,2H3,(H,17,18)(H2,15,16,19). The highest BCUT2D eigenvalue weighted by Gasteiger charge is 2.13. The Balaban J connectivity index is 2.79.